The van der Waals surface area contributed by atoms with Gasteiger partial charge in [0.05, 0.1) is 29.1 Å². The number of nitrogens with zero attached hydrogens (tertiary/aromatic N) is 4. The largest absolute Gasteiger partial charge is 0.433 e. The third-order valence-electron chi connectivity index (χ3n) is 5.04. The molecule has 0 spiro atoms. The number of aryl methyl sites for hydroxylation is 2. The molecule has 4 rings (SSSR count). The Morgan fingerprint density at radius 2 is 2.13 bits per heavy atom. The molecular formula is C21H16F3N5O. The monoisotopic (exact) mass is 411 g/mol. The third-order valence-corrected chi connectivity index (χ3v) is 5.04. The summed E-state index contributed by atoms with van der Waals surface area (Å²) in [7, 11) is 0. The Hall–Kier alpha value is -3.67. The van der Waals surface area contributed by atoms with E-state index < -0.39 is 11.9 Å². The van der Waals surface area contributed by atoms with Crippen LogP contribution in [0.5, 0.6) is 0 Å². The first-order valence-electron chi connectivity index (χ1n) is 9.20. The molecule has 0 aliphatic heterocycles. The van der Waals surface area contributed by atoms with Crippen molar-refractivity contribution >= 4 is 5.91 Å². The van der Waals surface area contributed by atoms with Crippen LogP contribution >= 0.6 is 0 Å². The van der Waals surface area contributed by atoms with E-state index in [1.54, 1.807) is 31.3 Å². The minimum atomic E-state index is -4.55. The van der Waals surface area contributed by atoms with E-state index in [0.717, 1.165) is 17.3 Å². The second kappa shape index (κ2) is 7.30. The van der Waals surface area contributed by atoms with Crippen LogP contribution in [0.15, 0.2) is 42.7 Å². The summed E-state index contributed by atoms with van der Waals surface area (Å²) in [6.45, 7) is 1.66. The van der Waals surface area contributed by atoms with Gasteiger partial charge in [-0.1, -0.05) is 6.07 Å². The highest BCUT2D eigenvalue weighted by Crippen LogP contribution is 2.33. The van der Waals surface area contributed by atoms with E-state index in [9.17, 15) is 18.0 Å². The van der Waals surface area contributed by atoms with Crippen molar-refractivity contribution in [2.45, 2.75) is 32.0 Å². The van der Waals surface area contributed by atoms with Crippen molar-refractivity contribution in [3.63, 3.8) is 0 Å². The number of hydrogen-bond acceptors (Lipinski definition) is 4. The van der Waals surface area contributed by atoms with Gasteiger partial charge < -0.3 is 5.32 Å². The van der Waals surface area contributed by atoms with Crippen LogP contribution in [0.2, 0.25) is 0 Å². The summed E-state index contributed by atoms with van der Waals surface area (Å²) in [5.74, 6) is -0.322. The summed E-state index contributed by atoms with van der Waals surface area (Å²) in [4.78, 5) is 16.0. The molecule has 0 radical (unpaired) electrons. The third kappa shape index (κ3) is 3.64. The minimum Gasteiger partial charge on any atom is -0.345 e. The average Bonchev–Trinajstić information content (AvgIpc) is 3.29. The van der Waals surface area contributed by atoms with E-state index in [-0.39, 0.29) is 11.9 Å². The lowest BCUT2D eigenvalue weighted by Gasteiger charge is -2.14. The zero-order valence-electron chi connectivity index (χ0n) is 15.9. The normalized spacial score (nSPS) is 15.5. The Bertz CT molecular complexity index is 1180. The van der Waals surface area contributed by atoms with E-state index >= 15 is 0 Å². The Morgan fingerprint density at radius 1 is 1.33 bits per heavy atom. The molecule has 1 amide bonds. The second-order valence-electron chi connectivity index (χ2n) is 7.09. The summed E-state index contributed by atoms with van der Waals surface area (Å²) in [5.41, 5.74) is 2.11. The highest BCUT2D eigenvalue weighted by atomic mass is 19.4. The maximum absolute atomic E-state index is 13.0. The van der Waals surface area contributed by atoms with Crippen LogP contribution in [-0.4, -0.2) is 20.7 Å². The van der Waals surface area contributed by atoms with Crippen LogP contribution in [0.3, 0.4) is 0 Å². The van der Waals surface area contributed by atoms with Crippen LogP contribution in [0.4, 0.5) is 13.2 Å². The predicted molar refractivity (Wildman–Crippen MR) is 101 cm³/mol. The average molecular weight is 411 g/mol. The fourth-order valence-corrected chi connectivity index (χ4v) is 3.50. The van der Waals surface area contributed by atoms with Gasteiger partial charge in [0.25, 0.3) is 5.91 Å². The summed E-state index contributed by atoms with van der Waals surface area (Å²) >= 11 is 0. The maximum atomic E-state index is 13.0. The molecule has 152 valence electrons. The number of carbonyl (C=O) groups is 1. The summed E-state index contributed by atoms with van der Waals surface area (Å²) in [6, 6.07) is 9.03. The molecule has 0 saturated heterocycles. The molecule has 0 saturated carbocycles. The van der Waals surface area contributed by atoms with Gasteiger partial charge in [-0.25, -0.2) is 4.68 Å². The molecule has 2 heterocycles. The van der Waals surface area contributed by atoms with Gasteiger partial charge in [0.15, 0.2) is 0 Å². The van der Waals surface area contributed by atoms with Gasteiger partial charge in [-0.3, -0.25) is 9.78 Å². The summed E-state index contributed by atoms with van der Waals surface area (Å²) < 4.78 is 40.5. The number of fused-ring (bicyclic) bond motifs is 1. The lowest BCUT2D eigenvalue weighted by Crippen LogP contribution is -2.27. The van der Waals surface area contributed by atoms with E-state index in [0.29, 0.717) is 35.2 Å². The predicted octanol–water partition coefficient (Wildman–Crippen LogP) is 3.88. The van der Waals surface area contributed by atoms with Crippen LogP contribution in [0.25, 0.3) is 5.69 Å². The fourth-order valence-electron chi connectivity index (χ4n) is 3.50. The van der Waals surface area contributed by atoms with Gasteiger partial charge in [0.1, 0.15) is 5.69 Å². The van der Waals surface area contributed by atoms with Crippen LogP contribution < -0.4 is 5.32 Å². The maximum Gasteiger partial charge on any atom is 0.433 e. The number of rotatable bonds is 3. The van der Waals surface area contributed by atoms with Crippen molar-refractivity contribution in [3.05, 3.63) is 76.4 Å². The standard InChI is InChI=1S/C21H16F3N5O/c1-12-10-26-19(21(22,23)24)8-18(12)29-11-15-16(5-6-17(15)28-29)27-20(30)14-4-2-3-13(7-14)9-25/h2-4,7-8,10-11,16H,5-6H2,1H3,(H,27,30)/t16-/m0/s1. The van der Waals surface area contributed by atoms with Crippen molar-refractivity contribution in [1.82, 2.24) is 20.1 Å². The smallest absolute Gasteiger partial charge is 0.345 e. The van der Waals surface area contributed by atoms with Gasteiger partial charge in [-0.05, 0) is 49.6 Å². The zero-order valence-corrected chi connectivity index (χ0v) is 15.9. The van der Waals surface area contributed by atoms with Crippen molar-refractivity contribution in [2.24, 2.45) is 0 Å². The molecule has 9 heteroatoms. The number of benzene rings is 1. The number of nitrogens with one attached hydrogen (secondary N) is 1. The van der Waals surface area contributed by atoms with E-state index in [2.05, 4.69) is 15.4 Å². The first kappa shape index (κ1) is 19.6. The highest BCUT2D eigenvalue weighted by molar-refractivity contribution is 5.94. The van der Waals surface area contributed by atoms with Crippen molar-refractivity contribution in [3.8, 4) is 11.8 Å². The topological polar surface area (TPSA) is 83.6 Å². The number of hydrogen-bond donors (Lipinski definition) is 1. The zero-order chi connectivity index (χ0) is 21.5. The van der Waals surface area contributed by atoms with Gasteiger partial charge in [-0.15, -0.1) is 0 Å². The molecule has 0 unspecified atom stereocenters. The lowest BCUT2D eigenvalue weighted by molar-refractivity contribution is -0.141. The van der Waals surface area contributed by atoms with Crippen molar-refractivity contribution < 1.29 is 18.0 Å². The molecule has 6 nitrogen and oxygen atoms in total. The Kier molecular flexibility index (Phi) is 4.78. The molecule has 1 aliphatic carbocycles. The molecule has 2 aromatic heterocycles. The number of pyridine rings is 1. The molecule has 30 heavy (non-hydrogen) atoms. The second-order valence-corrected chi connectivity index (χ2v) is 7.09. The number of halogens is 3. The molecule has 1 N–H and O–H groups in total. The van der Waals surface area contributed by atoms with Gasteiger partial charge in [0.2, 0.25) is 0 Å². The first-order chi connectivity index (χ1) is 14.3. The lowest BCUT2D eigenvalue weighted by atomic mass is 10.1. The number of nitriles is 1. The number of carbonyl (C=O) groups excluding carboxylic acids is 1. The van der Waals surface area contributed by atoms with Gasteiger partial charge in [0, 0.05) is 23.5 Å². The van der Waals surface area contributed by atoms with Crippen molar-refractivity contribution in [2.75, 3.05) is 0 Å². The minimum absolute atomic E-state index is 0.290. The van der Waals surface area contributed by atoms with E-state index in [1.165, 1.54) is 16.9 Å². The molecule has 1 atom stereocenters. The van der Waals surface area contributed by atoms with Crippen LogP contribution in [0.1, 0.15) is 50.9 Å². The molecule has 0 bridgehead atoms. The summed E-state index contributed by atoms with van der Waals surface area (Å²) in [5, 5.41) is 16.3. The van der Waals surface area contributed by atoms with Gasteiger partial charge in [-0.2, -0.15) is 23.5 Å². The molecular weight excluding hydrogens is 395 g/mol. The summed E-state index contributed by atoms with van der Waals surface area (Å²) in [6.07, 6.45) is -0.478. The first-order valence-corrected chi connectivity index (χ1v) is 9.20. The quantitative estimate of drug-likeness (QED) is 0.709. The van der Waals surface area contributed by atoms with E-state index in [4.69, 9.17) is 5.26 Å². The van der Waals surface area contributed by atoms with Crippen LogP contribution in [0, 0.1) is 18.3 Å². The number of aromatic nitrogens is 3. The van der Waals surface area contributed by atoms with E-state index in [1.807, 2.05) is 6.07 Å². The van der Waals surface area contributed by atoms with Crippen LogP contribution in [-0.2, 0) is 12.6 Å². The Labute approximate surface area is 170 Å². The Balaban J connectivity index is 1.60. The van der Waals surface area contributed by atoms with Gasteiger partial charge >= 0.3 is 6.18 Å². The molecule has 1 aromatic carbocycles. The fraction of sp³-hybridized carbons (Fsp3) is 0.238. The Morgan fingerprint density at radius 3 is 2.87 bits per heavy atom. The number of alkyl halides is 3. The molecule has 3 aromatic rings. The number of amides is 1. The SMILES string of the molecule is Cc1cnc(C(F)(F)F)cc1-n1cc2c(n1)CC[C@@H]2NC(=O)c1cccc(C#N)c1. The molecule has 1 aliphatic rings. The molecule has 0 fully saturated rings. The highest BCUT2D eigenvalue weighted by Gasteiger charge is 2.34. The van der Waals surface area contributed by atoms with Crippen molar-refractivity contribution in [1.29, 1.82) is 5.26 Å².